The van der Waals surface area contributed by atoms with Gasteiger partial charge in [-0.2, -0.15) is 0 Å². The number of phenols is 2. The number of phenolic OH excluding ortho intramolecular Hbond substituents is 2. The van der Waals surface area contributed by atoms with Gasteiger partial charge in [-0.15, -0.1) is 0 Å². The number of nitrogens with one attached hydrogen (secondary N) is 2. The Morgan fingerprint density at radius 3 is 1.31 bits per heavy atom. The standard InChI is InChI=1S/C30H26N2O4/c33-21-11-7-19(8-12-21)15-17-31-25-5-1-3-23-27(25)30(36)24-4-2-6-26(28(24)29(23)35)32-18-16-20-9-13-22(34)14-10-20/h1-14,31-34H,15-18H2. The third-order valence-corrected chi connectivity index (χ3v) is 6.40. The third-order valence-electron chi connectivity index (χ3n) is 6.40. The molecule has 0 fully saturated rings. The summed E-state index contributed by atoms with van der Waals surface area (Å²) in [6.45, 7) is 1.16. The normalized spacial score (nSPS) is 12.1. The molecule has 5 rings (SSSR count). The van der Waals surface area contributed by atoms with Crippen LogP contribution in [0.2, 0.25) is 0 Å². The fourth-order valence-electron chi connectivity index (χ4n) is 4.54. The van der Waals surface area contributed by atoms with Crippen molar-refractivity contribution in [1.29, 1.82) is 0 Å². The van der Waals surface area contributed by atoms with Gasteiger partial charge in [0, 0.05) is 35.6 Å². The summed E-state index contributed by atoms with van der Waals surface area (Å²) in [4.78, 5) is 27.1. The summed E-state index contributed by atoms with van der Waals surface area (Å²) >= 11 is 0. The average Bonchev–Trinajstić information content (AvgIpc) is 2.89. The summed E-state index contributed by atoms with van der Waals surface area (Å²) in [5.41, 5.74) is 5.00. The van der Waals surface area contributed by atoms with Gasteiger partial charge in [-0.3, -0.25) is 9.59 Å². The summed E-state index contributed by atoms with van der Waals surface area (Å²) < 4.78 is 0. The highest BCUT2D eigenvalue weighted by molar-refractivity contribution is 6.31. The topological polar surface area (TPSA) is 98.7 Å². The number of anilines is 2. The van der Waals surface area contributed by atoms with Crippen LogP contribution in [0.1, 0.15) is 43.0 Å². The number of carbonyl (C=O) groups is 2. The summed E-state index contributed by atoms with van der Waals surface area (Å²) in [7, 11) is 0. The van der Waals surface area contributed by atoms with Crippen molar-refractivity contribution in [2.45, 2.75) is 12.8 Å². The number of hydrogen-bond acceptors (Lipinski definition) is 6. The second-order valence-electron chi connectivity index (χ2n) is 8.80. The molecule has 4 aromatic rings. The van der Waals surface area contributed by atoms with Crippen molar-refractivity contribution in [1.82, 2.24) is 0 Å². The largest absolute Gasteiger partial charge is 0.508 e. The van der Waals surface area contributed by atoms with Crippen LogP contribution in [0, 0.1) is 0 Å². The van der Waals surface area contributed by atoms with Crippen LogP contribution in [0.25, 0.3) is 0 Å². The molecule has 1 aliphatic rings. The molecule has 6 nitrogen and oxygen atoms in total. The molecule has 0 spiro atoms. The third kappa shape index (κ3) is 4.66. The molecule has 4 aromatic carbocycles. The Balaban J connectivity index is 1.34. The highest BCUT2D eigenvalue weighted by Crippen LogP contribution is 2.35. The van der Waals surface area contributed by atoms with E-state index >= 15 is 0 Å². The maximum Gasteiger partial charge on any atom is 0.196 e. The maximum absolute atomic E-state index is 13.6. The zero-order chi connectivity index (χ0) is 25.1. The molecular formula is C30H26N2O4. The zero-order valence-corrected chi connectivity index (χ0v) is 19.6. The van der Waals surface area contributed by atoms with Crippen molar-refractivity contribution in [2.24, 2.45) is 0 Å². The van der Waals surface area contributed by atoms with Crippen LogP contribution in [-0.2, 0) is 12.8 Å². The van der Waals surface area contributed by atoms with E-state index in [0.29, 0.717) is 59.6 Å². The Hall–Kier alpha value is -4.58. The minimum Gasteiger partial charge on any atom is -0.508 e. The van der Waals surface area contributed by atoms with Gasteiger partial charge in [0.1, 0.15) is 11.5 Å². The van der Waals surface area contributed by atoms with Gasteiger partial charge in [-0.05, 0) is 60.4 Å². The lowest BCUT2D eigenvalue weighted by atomic mass is 9.82. The molecule has 0 heterocycles. The Morgan fingerprint density at radius 1 is 0.528 bits per heavy atom. The van der Waals surface area contributed by atoms with Gasteiger partial charge in [-0.1, -0.05) is 48.5 Å². The van der Waals surface area contributed by atoms with E-state index in [1.807, 2.05) is 36.4 Å². The number of benzene rings is 4. The van der Waals surface area contributed by atoms with Crippen LogP contribution in [-0.4, -0.2) is 34.9 Å². The van der Waals surface area contributed by atoms with Gasteiger partial charge >= 0.3 is 0 Å². The van der Waals surface area contributed by atoms with Crippen molar-refractivity contribution in [3.05, 3.63) is 118 Å². The van der Waals surface area contributed by atoms with Crippen molar-refractivity contribution >= 4 is 22.9 Å². The lowest BCUT2D eigenvalue weighted by Crippen LogP contribution is -2.24. The molecule has 0 aliphatic heterocycles. The minimum absolute atomic E-state index is 0.172. The monoisotopic (exact) mass is 478 g/mol. The molecule has 36 heavy (non-hydrogen) atoms. The Bertz CT molecular complexity index is 1320. The predicted octanol–water partition coefficient (Wildman–Crippen LogP) is 5.18. The van der Waals surface area contributed by atoms with E-state index in [4.69, 9.17) is 0 Å². The van der Waals surface area contributed by atoms with Gasteiger partial charge in [-0.25, -0.2) is 0 Å². The first kappa shape index (κ1) is 23.2. The van der Waals surface area contributed by atoms with E-state index in [0.717, 1.165) is 11.1 Å². The summed E-state index contributed by atoms with van der Waals surface area (Å²) in [5, 5.41) is 25.6. The molecule has 1 aliphatic carbocycles. The Labute approximate surface area is 209 Å². The van der Waals surface area contributed by atoms with Crippen molar-refractivity contribution in [3.8, 4) is 11.5 Å². The van der Waals surface area contributed by atoms with Gasteiger partial charge in [0.05, 0.1) is 11.1 Å². The quantitative estimate of drug-likeness (QED) is 0.245. The molecule has 0 saturated heterocycles. The van der Waals surface area contributed by atoms with Crippen LogP contribution < -0.4 is 10.6 Å². The predicted molar refractivity (Wildman–Crippen MR) is 140 cm³/mol. The molecule has 0 atom stereocenters. The van der Waals surface area contributed by atoms with Crippen molar-refractivity contribution < 1.29 is 19.8 Å². The fraction of sp³-hybridized carbons (Fsp3) is 0.133. The second-order valence-corrected chi connectivity index (χ2v) is 8.80. The fourth-order valence-corrected chi connectivity index (χ4v) is 4.54. The van der Waals surface area contributed by atoms with E-state index < -0.39 is 0 Å². The van der Waals surface area contributed by atoms with Crippen molar-refractivity contribution in [2.75, 3.05) is 23.7 Å². The zero-order valence-electron chi connectivity index (χ0n) is 19.6. The van der Waals surface area contributed by atoms with Gasteiger partial charge in [0.15, 0.2) is 11.6 Å². The van der Waals surface area contributed by atoms with Gasteiger partial charge in [0.25, 0.3) is 0 Å². The lowest BCUT2D eigenvalue weighted by molar-refractivity contribution is 0.0980. The molecule has 0 aromatic heterocycles. The van der Waals surface area contributed by atoms with E-state index in [1.54, 1.807) is 48.5 Å². The number of ketones is 2. The SMILES string of the molecule is O=C1c2cccc(NCCc3ccc(O)cc3)c2C(=O)c2cccc(NCCc3ccc(O)cc3)c21. The van der Waals surface area contributed by atoms with Crippen LogP contribution in [0.15, 0.2) is 84.9 Å². The van der Waals surface area contributed by atoms with Crippen LogP contribution in [0.4, 0.5) is 11.4 Å². The highest BCUT2D eigenvalue weighted by Gasteiger charge is 2.33. The van der Waals surface area contributed by atoms with E-state index in [9.17, 15) is 19.8 Å². The summed E-state index contributed by atoms with van der Waals surface area (Å²) in [6, 6.07) is 24.7. The van der Waals surface area contributed by atoms with Crippen LogP contribution >= 0.6 is 0 Å². The molecule has 0 saturated carbocycles. The molecule has 0 bridgehead atoms. The molecule has 0 radical (unpaired) electrons. The molecule has 180 valence electrons. The number of fused-ring (bicyclic) bond motifs is 2. The first-order chi connectivity index (χ1) is 17.5. The summed E-state index contributed by atoms with van der Waals surface area (Å²) in [5.74, 6) is 0.102. The number of hydrogen-bond donors (Lipinski definition) is 4. The smallest absolute Gasteiger partial charge is 0.196 e. The summed E-state index contributed by atoms with van der Waals surface area (Å²) in [6.07, 6.45) is 1.41. The van der Waals surface area contributed by atoms with E-state index in [-0.39, 0.29) is 23.1 Å². The minimum atomic E-state index is -0.172. The number of carbonyl (C=O) groups excluding carboxylic acids is 2. The van der Waals surface area contributed by atoms with Gasteiger partial charge < -0.3 is 20.8 Å². The number of rotatable bonds is 8. The average molecular weight is 479 g/mol. The maximum atomic E-state index is 13.6. The lowest BCUT2D eigenvalue weighted by Gasteiger charge is -2.23. The van der Waals surface area contributed by atoms with E-state index in [2.05, 4.69) is 10.6 Å². The Kier molecular flexibility index (Phi) is 6.41. The highest BCUT2D eigenvalue weighted by atomic mass is 16.3. The molecule has 0 amide bonds. The number of aromatic hydroxyl groups is 2. The molecule has 4 N–H and O–H groups in total. The molecular weight excluding hydrogens is 452 g/mol. The first-order valence-corrected chi connectivity index (χ1v) is 11.9. The van der Waals surface area contributed by atoms with E-state index in [1.165, 1.54) is 0 Å². The van der Waals surface area contributed by atoms with Crippen molar-refractivity contribution in [3.63, 3.8) is 0 Å². The molecule has 6 heteroatoms. The van der Waals surface area contributed by atoms with Gasteiger partial charge in [0.2, 0.25) is 0 Å². The van der Waals surface area contributed by atoms with Crippen LogP contribution in [0.5, 0.6) is 11.5 Å². The first-order valence-electron chi connectivity index (χ1n) is 11.9. The van der Waals surface area contributed by atoms with Crippen LogP contribution in [0.3, 0.4) is 0 Å². The molecule has 0 unspecified atom stereocenters. The second kappa shape index (κ2) is 9.96. The Morgan fingerprint density at radius 2 is 0.917 bits per heavy atom.